The lowest BCUT2D eigenvalue weighted by Crippen LogP contribution is -2.33. The zero-order valence-electron chi connectivity index (χ0n) is 19.2. The van der Waals surface area contributed by atoms with Crippen LogP contribution in [0.1, 0.15) is 35.3 Å². The summed E-state index contributed by atoms with van der Waals surface area (Å²) >= 11 is 0. The zero-order valence-corrected chi connectivity index (χ0v) is 19.2. The van der Waals surface area contributed by atoms with E-state index in [-0.39, 0.29) is 5.91 Å². The summed E-state index contributed by atoms with van der Waals surface area (Å²) in [4.78, 5) is 19.4. The summed E-state index contributed by atoms with van der Waals surface area (Å²) in [5, 5.41) is 12.5. The Bertz CT molecular complexity index is 1140. The number of rotatable bonds is 9. The van der Waals surface area contributed by atoms with E-state index < -0.39 is 0 Å². The molecule has 0 spiro atoms. The Hall–Kier alpha value is -3.73. The van der Waals surface area contributed by atoms with E-state index in [0.717, 1.165) is 17.7 Å². The minimum atomic E-state index is -0.256. The SMILES string of the molecule is COCCN(Cc1cnc(-c2ccc(C(=O)Nc3ccccc3N)cc2)c(C#N)c1)C(C)C. The molecule has 2 aromatic carbocycles. The van der Waals surface area contributed by atoms with Crippen molar-refractivity contribution >= 4 is 17.3 Å². The van der Waals surface area contributed by atoms with Crippen LogP contribution in [0.25, 0.3) is 11.3 Å². The highest BCUT2D eigenvalue weighted by Crippen LogP contribution is 2.24. The second kappa shape index (κ2) is 11.2. The van der Waals surface area contributed by atoms with Crippen molar-refractivity contribution in [2.45, 2.75) is 26.4 Å². The van der Waals surface area contributed by atoms with Gasteiger partial charge in [0.2, 0.25) is 0 Å². The van der Waals surface area contributed by atoms with Crippen molar-refractivity contribution in [3.63, 3.8) is 0 Å². The third kappa shape index (κ3) is 6.16. The lowest BCUT2D eigenvalue weighted by molar-refractivity contribution is 0.102. The van der Waals surface area contributed by atoms with E-state index in [1.165, 1.54) is 0 Å². The maximum Gasteiger partial charge on any atom is 0.255 e. The summed E-state index contributed by atoms with van der Waals surface area (Å²) in [5.74, 6) is -0.256. The molecular formula is C26H29N5O2. The first-order valence-corrected chi connectivity index (χ1v) is 10.8. The summed E-state index contributed by atoms with van der Waals surface area (Å²) in [6.45, 7) is 6.39. The van der Waals surface area contributed by atoms with Gasteiger partial charge in [0.1, 0.15) is 6.07 Å². The molecule has 0 aliphatic carbocycles. The summed E-state index contributed by atoms with van der Waals surface area (Å²) in [7, 11) is 1.69. The highest BCUT2D eigenvalue weighted by molar-refractivity contribution is 6.05. The molecule has 170 valence electrons. The number of ether oxygens (including phenoxy) is 1. The monoisotopic (exact) mass is 443 g/mol. The van der Waals surface area contributed by atoms with E-state index in [2.05, 4.69) is 35.1 Å². The molecule has 0 aliphatic heterocycles. The van der Waals surface area contributed by atoms with Crippen LogP contribution in [0, 0.1) is 11.3 Å². The topological polar surface area (TPSA) is 104 Å². The van der Waals surface area contributed by atoms with E-state index in [9.17, 15) is 10.1 Å². The number of carbonyl (C=O) groups is 1. The molecule has 7 heteroatoms. The van der Waals surface area contributed by atoms with Crippen molar-refractivity contribution in [1.29, 1.82) is 5.26 Å². The molecule has 7 nitrogen and oxygen atoms in total. The Balaban J connectivity index is 1.77. The second-order valence-corrected chi connectivity index (χ2v) is 8.03. The highest BCUT2D eigenvalue weighted by atomic mass is 16.5. The van der Waals surface area contributed by atoms with E-state index in [1.54, 1.807) is 49.7 Å². The van der Waals surface area contributed by atoms with Gasteiger partial charge in [-0.1, -0.05) is 24.3 Å². The van der Waals surface area contributed by atoms with Crippen LogP contribution in [0.5, 0.6) is 0 Å². The van der Waals surface area contributed by atoms with Crippen molar-refractivity contribution in [2.75, 3.05) is 31.3 Å². The molecule has 0 saturated carbocycles. The molecule has 0 atom stereocenters. The number of nitrogen functional groups attached to an aromatic ring is 1. The van der Waals surface area contributed by atoms with E-state index >= 15 is 0 Å². The van der Waals surface area contributed by atoms with Crippen molar-refractivity contribution in [3.8, 4) is 17.3 Å². The van der Waals surface area contributed by atoms with E-state index in [4.69, 9.17) is 10.5 Å². The molecule has 0 bridgehead atoms. The molecule has 1 aromatic heterocycles. The number of para-hydroxylation sites is 2. The van der Waals surface area contributed by atoms with Crippen LogP contribution in [-0.2, 0) is 11.3 Å². The fraction of sp³-hybridized carbons (Fsp3) is 0.269. The number of hydrogen-bond donors (Lipinski definition) is 2. The van der Waals surface area contributed by atoms with E-state index in [1.807, 2.05) is 18.2 Å². The first kappa shape index (κ1) is 23.9. The average molecular weight is 444 g/mol. The van der Waals surface area contributed by atoms with Crippen molar-refractivity contribution < 1.29 is 9.53 Å². The Labute approximate surface area is 194 Å². The number of aromatic nitrogens is 1. The molecule has 1 amide bonds. The molecular weight excluding hydrogens is 414 g/mol. The van der Waals surface area contributed by atoms with Crippen LogP contribution in [0.2, 0.25) is 0 Å². The smallest absolute Gasteiger partial charge is 0.255 e. The number of hydrogen-bond acceptors (Lipinski definition) is 6. The van der Waals surface area contributed by atoms with Crippen LogP contribution < -0.4 is 11.1 Å². The van der Waals surface area contributed by atoms with Gasteiger partial charge >= 0.3 is 0 Å². The number of anilines is 2. The molecule has 0 unspecified atom stereocenters. The minimum Gasteiger partial charge on any atom is -0.397 e. The van der Waals surface area contributed by atoms with Crippen molar-refractivity contribution in [2.24, 2.45) is 0 Å². The third-order valence-electron chi connectivity index (χ3n) is 5.39. The summed E-state index contributed by atoms with van der Waals surface area (Å²) < 4.78 is 5.20. The minimum absolute atomic E-state index is 0.256. The van der Waals surface area contributed by atoms with Gasteiger partial charge in [0.15, 0.2) is 0 Å². The second-order valence-electron chi connectivity index (χ2n) is 8.03. The zero-order chi connectivity index (χ0) is 23.8. The standard InChI is InChI=1S/C26H29N5O2/c1-18(2)31(12-13-33-3)17-19-14-22(15-27)25(29-16-19)20-8-10-21(11-9-20)26(32)30-24-7-5-4-6-23(24)28/h4-11,14,16,18H,12-13,17,28H2,1-3H3,(H,30,32). The number of pyridine rings is 1. The van der Waals surface area contributed by atoms with Crippen LogP contribution in [-0.4, -0.2) is 42.1 Å². The predicted molar refractivity (Wildman–Crippen MR) is 131 cm³/mol. The first-order valence-electron chi connectivity index (χ1n) is 10.8. The first-order chi connectivity index (χ1) is 15.9. The van der Waals surface area contributed by atoms with Crippen molar-refractivity contribution in [3.05, 3.63) is 77.5 Å². The van der Waals surface area contributed by atoms with Gasteiger partial charge in [0.25, 0.3) is 5.91 Å². The normalized spacial score (nSPS) is 10.9. The van der Waals surface area contributed by atoms with Gasteiger partial charge in [-0.3, -0.25) is 14.7 Å². The van der Waals surface area contributed by atoms with Crippen LogP contribution in [0.15, 0.2) is 60.8 Å². The Kier molecular flexibility index (Phi) is 8.14. The number of nitrogens with zero attached hydrogens (tertiary/aromatic N) is 3. The number of nitrogens with one attached hydrogen (secondary N) is 1. The summed E-state index contributed by atoms with van der Waals surface area (Å²) in [6, 6.07) is 18.6. The molecule has 0 fully saturated rings. The van der Waals surface area contributed by atoms with Gasteiger partial charge in [-0.15, -0.1) is 0 Å². The molecule has 33 heavy (non-hydrogen) atoms. The van der Waals surface area contributed by atoms with Gasteiger partial charge in [-0.25, -0.2) is 0 Å². The van der Waals surface area contributed by atoms with Crippen LogP contribution in [0.3, 0.4) is 0 Å². The van der Waals surface area contributed by atoms with Gasteiger partial charge in [-0.05, 0) is 49.7 Å². The number of methoxy groups -OCH3 is 1. The lowest BCUT2D eigenvalue weighted by Gasteiger charge is -2.26. The number of nitrogens with two attached hydrogens (primary N) is 1. The Morgan fingerprint density at radius 3 is 2.58 bits per heavy atom. The highest BCUT2D eigenvalue weighted by Gasteiger charge is 2.14. The molecule has 0 saturated heterocycles. The summed E-state index contributed by atoms with van der Waals surface area (Å²) in [6.07, 6.45) is 1.80. The van der Waals surface area contributed by atoms with E-state index in [0.29, 0.717) is 47.4 Å². The maximum atomic E-state index is 12.6. The molecule has 0 radical (unpaired) electrons. The third-order valence-corrected chi connectivity index (χ3v) is 5.39. The maximum absolute atomic E-state index is 12.6. The average Bonchev–Trinajstić information content (AvgIpc) is 2.83. The Morgan fingerprint density at radius 1 is 1.21 bits per heavy atom. The number of nitriles is 1. The van der Waals surface area contributed by atoms with Crippen molar-refractivity contribution in [1.82, 2.24) is 9.88 Å². The van der Waals surface area contributed by atoms with Gasteiger partial charge in [0.05, 0.1) is 29.2 Å². The van der Waals surface area contributed by atoms with Gasteiger partial charge in [0, 0.05) is 43.6 Å². The van der Waals surface area contributed by atoms with Crippen LogP contribution in [0.4, 0.5) is 11.4 Å². The van der Waals surface area contributed by atoms with Gasteiger partial charge < -0.3 is 15.8 Å². The number of benzene rings is 2. The number of carbonyl (C=O) groups excluding carboxylic acids is 1. The lowest BCUT2D eigenvalue weighted by atomic mass is 10.0. The Morgan fingerprint density at radius 2 is 1.94 bits per heavy atom. The molecule has 0 aliphatic rings. The number of amides is 1. The summed E-state index contributed by atoms with van der Waals surface area (Å²) in [5.41, 5.74) is 10.3. The molecule has 3 N–H and O–H groups in total. The largest absolute Gasteiger partial charge is 0.397 e. The van der Waals surface area contributed by atoms with Crippen LogP contribution >= 0.6 is 0 Å². The predicted octanol–water partition coefficient (Wildman–Crippen LogP) is 4.31. The molecule has 3 rings (SSSR count). The molecule has 3 aromatic rings. The quantitative estimate of drug-likeness (QED) is 0.478. The fourth-order valence-corrected chi connectivity index (χ4v) is 3.46. The van der Waals surface area contributed by atoms with Gasteiger partial charge in [-0.2, -0.15) is 5.26 Å². The fourth-order valence-electron chi connectivity index (χ4n) is 3.46. The molecule has 1 heterocycles.